The first kappa shape index (κ1) is 27.2. The number of guanidine groups is 1. The maximum atomic E-state index is 12.7. The van der Waals surface area contributed by atoms with Gasteiger partial charge in [-0.15, -0.1) is 0 Å². The first-order chi connectivity index (χ1) is 16.0. The van der Waals surface area contributed by atoms with Gasteiger partial charge >= 0.3 is 20.2 Å². The van der Waals surface area contributed by atoms with Crippen LogP contribution in [0, 0.1) is 5.92 Å². The van der Waals surface area contributed by atoms with Crippen molar-refractivity contribution in [2.45, 2.75) is 32.3 Å². The maximum absolute atomic E-state index is 12.7. The van der Waals surface area contributed by atoms with E-state index in [-0.39, 0.29) is 28.8 Å². The molecule has 182 valence electrons. The molecule has 0 fully saturated rings. The van der Waals surface area contributed by atoms with Crippen LogP contribution in [-0.4, -0.2) is 28.7 Å². The molecule has 0 radical (unpaired) electrons. The van der Waals surface area contributed by atoms with Gasteiger partial charge in [0.05, 0.1) is 10.7 Å². The van der Waals surface area contributed by atoms with Gasteiger partial charge < -0.3 is 21.3 Å². The number of carbonyl (C=O) groups excluding carboxylic acids is 1. The number of benzene rings is 2. The van der Waals surface area contributed by atoms with Gasteiger partial charge in [-0.3, -0.25) is 5.73 Å². The molecule has 3 unspecified atom stereocenters. The summed E-state index contributed by atoms with van der Waals surface area (Å²) < 4.78 is 28.2. The van der Waals surface area contributed by atoms with Crippen molar-refractivity contribution in [1.82, 2.24) is 0 Å². The van der Waals surface area contributed by atoms with E-state index in [1.54, 1.807) is 30.3 Å². The Morgan fingerprint density at radius 1 is 1.15 bits per heavy atom. The third-order valence-corrected chi connectivity index (χ3v) is 5.82. The average Bonchev–Trinajstić information content (AvgIpc) is 2.77. The number of carboxylic acids is 1. The Labute approximate surface area is 201 Å². The van der Waals surface area contributed by atoms with Crippen molar-refractivity contribution in [1.29, 1.82) is 0 Å². The lowest BCUT2D eigenvalue weighted by Crippen LogP contribution is -2.54. The fourth-order valence-corrected chi connectivity index (χ4v) is 3.86. The topological polar surface area (TPSA) is 190 Å². The zero-order chi connectivity index (χ0) is 25.5. The number of aliphatic carboxylic acids is 1. The van der Waals surface area contributed by atoms with Crippen LogP contribution in [0.4, 0.5) is 5.69 Å². The highest BCUT2D eigenvalue weighted by molar-refractivity contribution is 7.33. The summed E-state index contributed by atoms with van der Waals surface area (Å²) in [4.78, 5) is 28.3. The van der Waals surface area contributed by atoms with Gasteiger partial charge in [0, 0.05) is 16.0 Å². The summed E-state index contributed by atoms with van der Waals surface area (Å²) in [5.74, 6) is -3.55. The van der Waals surface area contributed by atoms with E-state index in [0.29, 0.717) is 5.56 Å². The highest BCUT2D eigenvalue weighted by Crippen LogP contribution is 2.42. The second kappa shape index (κ2) is 11.9. The van der Waals surface area contributed by atoms with Crippen LogP contribution in [-0.2, 0) is 34.5 Å². The Bertz CT molecular complexity index is 1080. The third kappa shape index (κ3) is 6.96. The molecule has 11 nitrogen and oxygen atoms in total. The molecule has 2 aromatic rings. The minimum atomic E-state index is -3.23. The number of hydrogen-bond acceptors (Lipinski definition) is 8. The number of hydrogen-bond donors (Lipinski definition) is 4. The van der Waals surface area contributed by atoms with E-state index in [2.05, 4.69) is 4.99 Å². The Morgan fingerprint density at radius 3 is 2.35 bits per heavy atom. The Hall–Kier alpha value is -3.08. The molecule has 0 heterocycles. The largest absolute Gasteiger partial charge is 0.701 e. The number of rotatable bonds is 11. The molecule has 0 aliphatic rings. The van der Waals surface area contributed by atoms with Gasteiger partial charge in [0.15, 0.2) is 5.96 Å². The zero-order valence-electron chi connectivity index (χ0n) is 18.4. The highest BCUT2D eigenvalue weighted by Gasteiger charge is 2.51. The van der Waals surface area contributed by atoms with Crippen LogP contribution in [0.15, 0.2) is 53.5 Å². The minimum absolute atomic E-state index is 0.0741. The van der Waals surface area contributed by atoms with Crippen LogP contribution >= 0.6 is 19.9 Å². The molecule has 0 aliphatic heterocycles. The smallest absolute Gasteiger partial charge is 0.479 e. The molecular formula is C21H25ClN4O7P+. The van der Waals surface area contributed by atoms with Crippen molar-refractivity contribution in [2.24, 2.45) is 28.1 Å². The lowest BCUT2D eigenvalue weighted by atomic mass is 10.0. The first-order valence-electron chi connectivity index (χ1n) is 9.89. The van der Waals surface area contributed by atoms with Crippen molar-refractivity contribution in [3.63, 3.8) is 0 Å². The fraction of sp³-hybridized carbons (Fsp3) is 0.286. The summed E-state index contributed by atoms with van der Waals surface area (Å²) in [5, 5.41) is 9.48. The van der Waals surface area contributed by atoms with Gasteiger partial charge in [0.2, 0.25) is 6.10 Å². The summed E-state index contributed by atoms with van der Waals surface area (Å²) in [6.07, 6.45) is -1.85. The van der Waals surface area contributed by atoms with E-state index in [1.807, 2.05) is 0 Å². The molecule has 0 aliphatic carbocycles. The molecule has 2 aromatic carbocycles. The number of carboxylic acid groups (broad SMARTS) is 1. The quantitative estimate of drug-likeness (QED) is 0.115. The summed E-state index contributed by atoms with van der Waals surface area (Å²) in [5.41, 5.74) is 15.3. The molecule has 0 bridgehead atoms. The van der Waals surface area contributed by atoms with Crippen molar-refractivity contribution in [3.8, 4) is 0 Å². The monoisotopic (exact) mass is 511 g/mol. The number of carbonyl (C=O) groups is 2. The van der Waals surface area contributed by atoms with E-state index in [0.717, 1.165) is 0 Å². The molecule has 13 heteroatoms. The van der Waals surface area contributed by atoms with E-state index in [1.165, 1.54) is 32.0 Å². The summed E-state index contributed by atoms with van der Waals surface area (Å²) in [6.45, 7) is 2.98. The number of aliphatic imine (C=N–C) groups is 1. The molecule has 34 heavy (non-hydrogen) atoms. The van der Waals surface area contributed by atoms with Gasteiger partial charge in [-0.1, -0.05) is 77.0 Å². The second-order valence-electron chi connectivity index (χ2n) is 7.37. The highest BCUT2D eigenvalue weighted by atomic mass is 35.5. The molecule has 2 rings (SSSR count). The molecule has 3 atom stereocenters. The Balaban J connectivity index is 2.21. The summed E-state index contributed by atoms with van der Waals surface area (Å²) in [7, 11) is -3.23. The van der Waals surface area contributed by atoms with Gasteiger partial charge in [-0.05, 0) is 11.6 Å². The third-order valence-electron chi connectivity index (χ3n) is 4.57. The van der Waals surface area contributed by atoms with Gasteiger partial charge in [-0.2, -0.15) is 0 Å². The molecular weight excluding hydrogens is 487 g/mol. The van der Waals surface area contributed by atoms with Crippen LogP contribution in [0.5, 0.6) is 0 Å². The van der Waals surface area contributed by atoms with Crippen molar-refractivity contribution < 1.29 is 33.0 Å². The lowest BCUT2D eigenvalue weighted by molar-refractivity contribution is -0.168. The van der Waals surface area contributed by atoms with Crippen LogP contribution in [0.25, 0.3) is 0 Å². The molecule has 0 saturated heterocycles. The minimum Gasteiger partial charge on any atom is -0.479 e. The van der Waals surface area contributed by atoms with Gasteiger partial charge in [0.25, 0.3) is 5.72 Å². The molecule has 0 amide bonds. The molecule has 0 aromatic heterocycles. The van der Waals surface area contributed by atoms with Crippen LogP contribution < -0.4 is 17.2 Å². The van der Waals surface area contributed by atoms with Gasteiger partial charge in [0.1, 0.15) is 6.61 Å². The van der Waals surface area contributed by atoms with Crippen LogP contribution in [0.2, 0.25) is 5.02 Å². The number of halogens is 1. The Kier molecular flexibility index (Phi) is 9.48. The van der Waals surface area contributed by atoms with E-state index in [4.69, 9.17) is 42.6 Å². The predicted octanol–water partition coefficient (Wildman–Crippen LogP) is 3.12. The number of nitrogens with two attached hydrogens (primary N) is 3. The van der Waals surface area contributed by atoms with Crippen LogP contribution in [0.3, 0.4) is 0 Å². The number of esters is 1. The van der Waals surface area contributed by atoms with Crippen molar-refractivity contribution in [3.05, 3.63) is 64.7 Å². The van der Waals surface area contributed by atoms with Crippen LogP contribution in [0.1, 0.15) is 31.1 Å². The number of ether oxygens (including phenoxy) is 1. The summed E-state index contributed by atoms with van der Waals surface area (Å²) >= 11 is 6.21. The van der Waals surface area contributed by atoms with Crippen molar-refractivity contribution in [2.75, 3.05) is 0 Å². The molecule has 7 N–H and O–H groups in total. The summed E-state index contributed by atoms with van der Waals surface area (Å²) in [6, 6.07) is 13.0. The zero-order valence-corrected chi connectivity index (χ0v) is 20.0. The predicted molar refractivity (Wildman–Crippen MR) is 125 cm³/mol. The van der Waals surface area contributed by atoms with E-state index in [9.17, 15) is 19.3 Å². The fourth-order valence-electron chi connectivity index (χ4n) is 2.65. The maximum Gasteiger partial charge on any atom is 0.701 e. The number of nitrogens with zero attached hydrogens (tertiary/aromatic N) is 1. The van der Waals surface area contributed by atoms with E-state index >= 15 is 0 Å². The van der Waals surface area contributed by atoms with Gasteiger partial charge in [-0.25, -0.2) is 14.6 Å². The lowest BCUT2D eigenvalue weighted by Gasteiger charge is -2.24. The Morgan fingerprint density at radius 2 is 1.79 bits per heavy atom. The standard InChI is InChI=1S/C21H24ClN4O7P/c1-12(2)21(25,19(29)31-11-13-7-4-3-5-8-13)33-34(30)32-17(18(27)28)14-9-6-10-15(16(14)22)26-20(23)24/h3-10,12,17H,11,25H2,1-2H3,(H4-,23,24,26,27,28)/p+1. The molecule has 0 saturated carbocycles. The average molecular weight is 512 g/mol. The van der Waals surface area contributed by atoms with Crippen molar-refractivity contribution >= 4 is 43.4 Å². The second-order valence-corrected chi connectivity index (χ2v) is 8.58. The van der Waals surface area contributed by atoms with E-state index < -0.39 is 37.9 Å². The SMILES string of the molecule is CC(C)C(N)(O[P+](=O)OC(C(=O)O)c1cccc(N=C(N)N)c1Cl)C(=O)OCc1ccccc1. The normalized spacial score (nSPS) is 14.1. The first-order valence-corrected chi connectivity index (χ1v) is 11.4. The molecule has 0 spiro atoms.